The second-order valence-corrected chi connectivity index (χ2v) is 7.06. The fourth-order valence-corrected chi connectivity index (χ4v) is 4.22. The number of likely N-dealkylation sites (tertiary alicyclic amines) is 1. The Morgan fingerprint density at radius 1 is 1.05 bits per heavy atom. The number of aliphatic carboxylic acids is 1. The van der Waals surface area contributed by atoms with Gasteiger partial charge in [0.25, 0.3) is 0 Å². The van der Waals surface area contributed by atoms with Gasteiger partial charge < -0.3 is 14.9 Å². The fourth-order valence-electron chi connectivity index (χ4n) is 3.07. The summed E-state index contributed by atoms with van der Waals surface area (Å²) in [5, 5.41) is 9.18. The highest BCUT2D eigenvalue weighted by molar-refractivity contribution is 7.99. The lowest BCUT2D eigenvalue weighted by Gasteiger charge is -2.34. The van der Waals surface area contributed by atoms with Crippen LogP contribution in [0, 0.1) is 11.8 Å². The molecule has 21 heavy (non-hydrogen) atoms. The van der Waals surface area contributed by atoms with E-state index in [1.807, 2.05) is 4.90 Å². The van der Waals surface area contributed by atoms with E-state index < -0.39 is 12.0 Å². The molecule has 7 heteroatoms. The number of hydrogen-bond acceptors (Lipinski definition) is 4. The largest absolute Gasteiger partial charge is 0.480 e. The standard InChI is InChI=1S/C14H20N2O4S/c17-12(9-3-4-9)15-5-1-2-10(6-15)13(18)16-8-21-7-11(16)14(19)20/h9-11H,1-8H2,(H,19,20)/t10?,11-/m0/s1. The quantitative estimate of drug-likeness (QED) is 0.826. The molecule has 2 heterocycles. The maximum Gasteiger partial charge on any atom is 0.327 e. The Labute approximate surface area is 127 Å². The van der Waals surface area contributed by atoms with E-state index in [2.05, 4.69) is 0 Å². The van der Waals surface area contributed by atoms with E-state index in [9.17, 15) is 19.5 Å². The lowest BCUT2D eigenvalue weighted by molar-refractivity contribution is -0.151. The minimum absolute atomic E-state index is 0.0966. The second kappa shape index (κ2) is 5.87. The van der Waals surface area contributed by atoms with Crippen LogP contribution in [-0.4, -0.2) is 63.5 Å². The number of amides is 2. The van der Waals surface area contributed by atoms with Gasteiger partial charge in [-0.1, -0.05) is 0 Å². The van der Waals surface area contributed by atoms with Gasteiger partial charge in [-0.05, 0) is 25.7 Å². The number of carbonyl (C=O) groups excluding carboxylic acids is 2. The average molecular weight is 312 g/mol. The van der Waals surface area contributed by atoms with Crippen molar-refractivity contribution >= 4 is 29.5 Å². The van der Waals surface area contributed by atoms with Crippen LogP contribution >= 0.6 is 11.8 Å². The zero-order valence-corrected chi connectivity index (χ0v) is 12.7. The highest BCUT2D eigenvalue weighted by Gasteiger charge is 2.41. The topological polar surface area (TPSA) is 77.9 Å². The SMILES string of the molecule is O=C(O)[C@@H]1CSCN1C(=O)C1CCCN(C(=O)C2CC2)C1. The molecule has 1 saturated carbocycles. The smallest absolute Gasteiger partial charge is 0.327 e. The number of thioether (sulfide) groups is 1. The zero-order chi connectivity index (χ0) is 15.0. The Bertz CT molecular complexity index is 466. The molecule has 1 aliphatic carbocycles. The van der Waals surface area contributed by atoms with Crippen LogP contribution in [-0.2, 0) is 14.4 Å². The van der Waals surface area contributed by atoms with Gasteiger partial charge >= 0.3 is 5.97 Å². The van der Waals surface area contributed by atoms with E-state index in [1.165, 1.54) is 16.7 Å². The van der Waals surface area contributed by atoms with Gasteiger partial charge in [-0.2, -0.15) is 0 Å². The van der Waals surface area contributed by atoms with Gasteiger partial charge in [-0.15, -0.1) is 11.8 Å². The van der Waals surface area contributed by atoms with Crippen LogP contribution in [0.5, 0.6) is 0 Å². The number of piperidine rings is 1. The molecule has 3 fully saturated rings. The Hall–Kier alpha value is -1.24. The van der Waals surface area contributed by atoms with Gasteiger partial charge in [0.2, 0.25) is 11.8 Å². The number of carbonyl (C=O) groups is 3. The molecular formula is C14H20N2O4S. The van der Waals surface area contributed by atoms with Crippen LogP contribution in [0.25, 0.3) is 0 Å². The molecule has 3 aliphatic rings. The number of rotatable bonds is 3. The first kappa shape index (κ1) is 14.7. The molecule has 2 saturated heterocycles. The van der Waals surface area contributed by atoms with Crippen molar-refractivity contribution in [3.63, 3.8) is 0 Å². The first-order valence-corrected chi connectivity index (χ1v) is 8.63. The van der Waals surface area contributed by atoms with Crippen LogP contribution in [0.15, 0.2) is 0 Å². The van der Waals surface area contributed by atoms with E-state index in [1.54, 1.807) is 0 Å². The zero-order valence-electron chi connectivity index (χ0n) is 11.9. The van der Waals surface area contributed by atoms with Crippen LogP contribution in [0.1, 0.15) is 25.7 Å². The highest BCUT2D eigenvalue weighted by atomic mass is 32.2. The molecule has 2 aliphatic heterocycles. The predicted octanol–water partition coefficient (Wildman–Crippen LogP) is 0.621. The monoisotopic (exact) mass is 312 g/mol. The van der Waals surface area contributed by atoms with E-state index in [0.717, 1.165) is 32.2 Å². The summed E-state index contributed by atoms with van der Waals surface area (Å²) in [4.78, 5) is 39.2. The Morgan fingerprint density at radius 2 is 1.81 bits per heavy atom. The normalized spacial score (nSPS) is 29.5. The number of hydrogen-bond donors (Lipinski definition) is 1. The minimum Gasteiger partial charge on any atom is -0.480 e. The number of carboxylic acids is 1. The lowest BCUT2D eigenvalue weighted by atomic mass is 9.95. The fraction of sp³-hybridized carbons (Fsp3) is 0.786. The van der Waals surface area contributed by atoms with E-state index in [4.69, 9.17) is 0 Å². The van der Waals surface area contributed by atoms with E-state index >= 15 is 0 Å². The van der Waals surface area contributed by atoms with Crippen molar-refractivity contribution < 1.29 is 19.5 Å². The summed E-state index contributed by atoms with van der Waals surface area (Å²) >= 11 is 1.48. The molecule has 0 radical (unpaired) electrons. The third-order valence-corrected chi connectivity index (χ3v) is 5.47. The number of carboxylic acid groups (broad SMARTS) is 1. The predicted molar refractivity (Wildman–Crippen MR) is 77.6 cm³/mol. The number of nitrogens with zero attached hydrogens (tertiary/aromatic N) is 2. The van der Waals surface area contributed by atoms with Crippen molar-refractivity contribution in [1.29, 1.82) is 0 Å². The third-order valence-electron chi connectivity index (χ3n) is 4.46. The van der Waals surface area contributed by atoms with E-state index in [0.29, 0.717) is 18.2 Å². The molecule has 2 amide bonds. The summed E-state index contributed by atoms with van der Waals surface area (Å²) in [5.41, 5.74) is 0. The molecule has 0 spiro atoms. The third kappa shape index (κ3) is 3.02. The van der Waals surface area contributed by atoms with Gasteiger partial charge in [0, 0.05) is 24.8 Å². The van der Waals surface area contributed by atoms with Crippen molar-refractivity contribution in [3.8, 4) is 0 Å². The Kier molecular flexibility index (Phi) is 4.10. The average Bonchev–Trinajstić information content (AvgIpc) is 3.22. The Morgan fingerprint density at radius 3 is 2.48 bits per heavy atom. The van der Waals surface area contributed by atoms with Crippen LogP contribution in [0.2, 0.25) is 0 Å². The van der Waals surface area contributed by atoms with Crippen molar-refractivity contribution in [2.75, 3.05) is 24.7 Å². The molecule has 1 N–H and O–H groups in total. The first-order valence-electron chi connectivity index (χ1n) is 7.47. The van der Waals surface area contributed by atoms with Crippen LogP contribution in [0.3, 0.4) is 0 Å². The molecule has 6 nitrogen and oxygen atoms in total. The van der Waals surface area contributed by atoms with Gasteiger partial charge in [0.15, 0.2) is 0 Å². The van der Waals surface area contributed by atoms with Crippen molar-refractivity contribution in [1.82, 2.24) is 9.80 Å². The van der Waals surface area contributed by atoms with Crippen molar-refractivity contribution in [2.24, 2.45) is 11.8 Å². The molecular weight excluding hydrogens is 292 g/mol. The molecule has 3 rings (SSSR count). The minimum atomic E-state index is -0.935. The molecule has 0 bridgehead atoms. The van der Waals surface area contributed by atoms with Crippen molar-refractivity contribution in [2.45, 2.75) is 31.7 Å². The Balaban J connectivity index is 1.63. The summed E-state index contributed by atoms with van der Waals surface area (Å²) in [6.45, 7) is 1.19. The molecule has 0 aromatic rings. The second-order valence-electron chi connectivity index (χ2n) is 6.06. The van der Waals surface area contributed by atoms with E-state index in [-0.39, 0.29) is 23.7 Å². The first-order chi connectivity index (χ1) is 10.1. The van der Waals surface area contributed by atoms with Gasteiger partial charge in [-0.25, -0.2) is 4.79 Å². The molecule has 0 aromatic carbocycles. The maximum atomic E-state index is 12.6. The van der Waals surface area contributed by atoms with Crippen LogP contribution < -0.4 is 0 Å². The van der Waals surface area contributed by atoms with Gasteiger partial charge in [0.1, 0.15) is 6.04 Å². The molecule has 1 unspecified atom stereocenters. The summed E-state index contributed by atoms with van der Waals surface area (Å²) in [5.74, 6) is -0.00899. The molecule has 116 valence electrons. The summed E-state index contributed by atoms with van der Waals surface area (Å²) in [6, 6.07) is -0.711. The van der Waals surface area contributed by atoms with Gasteiger partial charge in [-0.3, -0.25) is 9.59 Å². The van der Waals surface area contributed by atoms with Crippen molar-refractivity contribution in [3.05, 3.63) is 0 Å². The molecule has 2 atom stereocenters. The summed E-state index contributed by atoms with van der Waals surface area (Å²) < 4.78 is 0. The van der Waals surface area contributed by atoms with Gasteiger partial charge in [0.05, 0.1) is 11.8 Å². The van der Waals surface area contributed by atoms with Crippen LogP contribution in [0.4, 0.5) is 0 Å². The lowest BCUT2D eigenvalue weighted by Crippen LogP contribution is -2.50. The highest BCUT2D eigenvalue weighted by Crippen LogP contribution is 2.33. The maximum absolute atomic E-state index is 12.6. The summed E-state index contributed by atoms with van der Waals surface area (Å²) in [6.07, 6.45) is 3.52. The summed E-state index contributed by atoms with van der Waals surface area (Å²) in [7, 11) is 0. The molecule has 0 aromatic heterocycles.